The van der Waals surface area contributed by atoms with E-state index in [9.17, 15) is 18.0 Å². The van der Waals surface area contributed by atoms with Crippen molar-refractivity contribution < 1.29 is 18.0 Å². The smallest absolute Gasteiger partial charge is 0.232 e. The summed E-state index contributed by atoms with van der Waals surface area (Å²) in [4.78, 5) is 32.0. The van der Waals surface area contributed by atoms with E-state index in [0.717, 1.165) is 42.6 Å². The second-order valence-corrected chi connectivity index (χ2v) is 14.9. The van der Waals surface area contributed by atoms with Gasteiger partial charge < -0.3 is 15.1 Å². The Morgan fingerprint density at radius 2 is 1.64 bits per heavy atom. The summed E-state index contributed by atoms with van der Waals surface area (Å²) in [7, 11) is -3.44. The molecule has 3 aliphatic rings. The van der Waals surface area contributed by atoms with Crippen LogP contribution in [0, 0.1) is 11.8 Å². The molecule has 2 atom stereocenters. The van der Waals surface area contributed by atoms with Gasteiger partial charge in [0.15, 0.2) is 5.78 Å². The summed E-state index contributed by atoms with van der Waals surface area (Å²) in [6, 6.07) is 22.8. The quantitative estimate of drug-likeness (QED) is 0.319. The molecule has 0 radical (unpaired) electrons. The normalized spacial score (nSPS) is 19.1. The van der Waals surface area contributed by atoms with Gasteiger partial charge >= 0.3 is 0 Å². The number of fused-ring (bicyclic) bond motifs is 1. The Labute approximate surface area is 271 Å². The highest BCUT2D eigenvalue weighted by molar-refractivity contribution is 7.92. The summed E-state index contributed by atoms with van der Waals surface area (Å²) >= 11 is 6.14. The van der Waals surface area contributed by atoms with Gasteiger partial charge in [-0.1, -0.05) is 60.1 Å². The van der Waals surface area contributed by atoms with Gasteiger partial charge in [0.1, 0.15) is 0 Å². The van der Waals surface area contributed by atoms with Gasteiger partial charge in [-0.15, -0.1) is 0 Å². The fourth-order valence-electron chi connectivity index (χ4n) is 6.62. The third-order valence-corrected chi connectivity index (χ3v) is 10.6. The minimum absolute atomic E-state index is 0.0261. The molecule has 1 aliphatic carbocycles. The fraction of sp³-hybridized carbons (Fsp3) is 0.429. The molecule has 6 rings (SSSR count). The topological polar surface area (TPSA) is 90.0 Å². The lowest BCUT2D eigenvalue weighted by atomic mass is 9.86. The van der Waals surface area contributed by atoms with Crippen molar-refractivity contribution in [2.45, 2.75) is 38.1 Å². The first-order valence-corrected chi connectivity index (χ1v) is 18.1. The number of carbonyl (C=O) groups excluding carboxylic acids is 2. The van der Waals surface area contributed by atoms with E-state index in [1.807, 2.05) is 71.6 Å². The van der Waals surface area contributed by atoms with E-state index in [1.54, 1.807) is 4.31 Å². The molecule has 45 heavy (non-hydrogen) atoms. The molecule has 1 amide bonds. The largest absolute Gasteiger partial charge is 0.366 e. The number of hydrogen-bond acceptors (Lipinski definition) is 6. The van der Waals surface area contributed by atoms with Gasteiger partial charge in [0.25, 0.3) is 0 Å². The van der Waals surface area contributed by atoms with E-state index >= 15 is 0 Å². The van der Waals surface area contributed by atoms with Crippen LogP contribution >= 0.6 is 11.6 Å². The number of nitrogens with zero attached hydrogens (tertiary/aromatic N) is 3. The van der Waals surface area contributed by atoms with Crippen molar-refractivity contribution in [2.75, 3.05) is 54.7 Å². The fourth-order valence-corrected chi connectivity index (χ4v) is 7.74. The van der Waals surface area contributed by atoms with E-state index in [2.05, 4.69) is 16.3 Å². The highest BCUT2D eigenvalue weighted by atomic mass is 35.5. The first kappa shape index (κ1) is 31.6. The number of anilines is 2. The molecule has 2 heterocycles. The van der Waals surface area contributed by atoms with E-state index in [1.165, 1.54) is 11.8 Å². The Kier molecular flexibility index (Phi) is 9.49. The van der Waals surface area contributed by atoms with Crippen LogP contribution in [0.2, 0.25) is 5.02 Å². The summed E-state index contributed by atoms with van der Waals surface area (Å²) in [5.41, 5.74) is 4.71. The summed E-state index contributed by atoms with van der Waals surface area (Å²) in [5, 5.41) is 4.02. The number of rotatable bonds is 11. The molecule has 0 aromatic heterocycles. The monoisotopic (exact) mass is 648 g/mol. The van der Waals surface area contributed by atoms with Crippen LogP contribution in [0.4, 0.5) is 11.4 Å². The number of sulfonamides is 1. The number of para-hydroxylation sites is 2. The highest BCUT2D eigenvalue weighted by Crippen LogP contribution is 2.37. The first-order chi connectivity index (χ1) is 21.7. The number of benzene rings is 3. The molecule has 3 aromatic carbocycles. The number of Topliss-reactive ketones (excluding diaryl/α,β-unsaturated/α-hetero) is 1. The number of ketones is 1. The van der Waals surface area contributed by atoms with Crippen molar-refractivity contribution in [3.05, 3.63) is 94.5 Å². The molecule has 3 aromatic rings. The number of amides is 1. The van der Waals surface area contributed by atoms with Gasteiger partial charge in [0, 0.05) is 56.6 Å². The summed E-state index contributed by atoms with van der Waals surface area (Å²) < 4.78 is 27.1. The lowest BCUT2D eigenvalue weighted by molar-refractivity contribution is -0.138. The molecule has 1 saturated carbocycles. The van der Waals surface area contributed by atoms with Gasteiger partial charge in [-0.2, -0.15) is 0 Å². The van der Waals surface area contributed by atoms with Gasteiger partial charge in [-0.05, 0) is 72.6 Å². The van der Waals surface area contributed by atoms with Crippen molar-refractivity contribution in [3.63, 3.8) is 0 Å². The van der Waals surface area contributed by atoms with Crippen LogP contribution in [0.3, 0.4) is 0 Å². The third-order valence-electron chi connectivity index (χ3n) is 9.23. The Bertz CT molecular complexity index is 1640. The highest BCUT2D eigenvalue weighted by Gasteiger charge is 2.35. The van der Waals surface area contributed by atoms with E-state index in [-0.39, 0.29) is 18.1 Å². The average molecular weight is 649 g/mol. The molecule has 1 N–H and O–H groups in total. The molecule has 1 saturated heterocycles. The Balaban J connectivity index is 1.18. The maximum absolute atomic E-state index is 14.1. The minimum Gasteiger partial charge on any atom is -0.366 e. The molecule has 2 fully saturated rings. The predicted molar refractivity (Wildman–Crippen MR) is 179 cm³/mol. The zero-order valence-electron chi connectivity index (χ0n) is 25.7. The van der Waals surface area contributed by atoms with Crippen LogP contribution in [-0.4, -0.2) is 70.5 Å². The number of carbonyl (C=O) groups is 2. The van der Waals surface area contributed by atoms with Crippen LogP contribution in [0.25, 0.3) is 0 Å². The summed E-state index contributed by atoms with van der Waals surface area (Å²) in [6.07, 6.45) is 4.84. The number of halogens is 1. The van der Waals surface area contributed by atoms with Crippen LogP contribution in [0.1, 0.15) is 42.0 Å². The van der Waals surface area contributed by atoms with Gasteiger partial charge in [-0.3, -0.25) is 13.9 Å². The van der Waals surface area contributed by atoms with Crippen LogP contribution in [-0.2, 0) is 32.5 Å². The zero-order chi connectivity index (χ0) is 31.6. The van der Waals surface area contributed by atoms with Gasteiger partial charge in [0.05, 0.1) is 23.7 Å². The van der Waals surface area contributed by atoms with E-state index in [4.69, 9.17) is 11.6 Å². The Hall–Kier alpha value is -3.40. The van der Waals surface area contributed by atoms with Crippen molar-refractivity contribution in [1.82, 2.24) is 10.2 Å². The molecule has 2 aliphatic heterocycles. The van der Waals surface area contributed by atoms with Gasteiger partial charge in [-0.25, -0.2) is 8.42 Å². The molecule has 238 valence electrons. The van der Waals surface area contributed by atoms with Crippen molar-refractivity contribution in [1.29, 1.82) is 0 Å². The Morgan fingerprint density at radius 1 is 0.956 bits per heavy atom. The predicted octanol–water partition coefficient (Wildman–Crippen LogP) is 4.87. The third kappa shape index (κ3) is 7.54. The van der Waals surface area contributed by atoms with Crippen LogP contribution in [0.5, 0.6) is 0 Å². The van der Waals surface area contributed by atoms with Crippen molar-refractivity contribution in [2.24, 2.45) is 11.8 Å². The second kappa shape index (κ2) is 13.5. The molecular formula is C35H41ClN4O4S. The van der Waals surface area contributed by atoms with Crippen molar-refractivity contribution >= 4 is 44.7 Å². The first-order valence-electron chi connectivity index (χ1n) is 15.9. The molecule has 1 unspecified atom stereocenters. The van der Waals surface area contributed by atoms with Crippen molar-refractivity contribution in [3.8, 4) is 0 Å². The molecule has 0 spiro atoms. The molecule has 8 nitrogen and oxygen atoms in total. The summed E-state index contributed by atoms with van der Waals surface area (Å²) in [6.45, 7) is 3.35. The standard InChI is InChI=1S/C35H41ClN4O4S/c1-45(43,44)40(24-26-10-11-26)32-9-5-4-8-31(32)38-18-20-39(21-19-38)35(42)28(22-25-12-14-29(36)15-13-25)23-33(41)34-30-7-3-2-6-27(30)16-17-37-34/h2-9,12-15,26,28,34,37H,10-11,16-24H2,1H3/t28-,34?/m0/s1. The number of hydrogen-bond donors (Lipinski definition) is 1. The second-order valence-electron chi connectivity index (χ2n) is 12.6. The van der Waals surface area contributed by atoms with E-state index in [0.29, 0.717) is 55.8 Å². The SMILES string of the molecule is CS(=O)(=O)N(CC1CC1)c1ccccc1N1CCN(C(=O)[C@H](CC(=O)C2NCCc3ccccc32)Cc2ccc(Cl)cc2)CC1. The van der Waals surface area contributed by atoms with Crippen LogP contribution < -0.4 is 14.5 Å². The average Bonchev–Trinajstić information content (AvgIpc) is 3.88. The van der Waals surface area contributed by atoms with E-state index < -0.39 is 22.0 Å². The molecule has 0 bridgehead atoms. The molecular weight excluding hydrogens is 608 g/mol. The lowest BCUT2D eigenvalue weighted by Crippen LogP contribution is -2.51. The summed E-state index contributed by atoms with van der Waals surface area (Å²) in [5.74, 6) is -0.104. The maximum atomic E-state index is 14.1. The molecule has 10 heteroatoms. The zero-order valence-corrected chi connectivity index (χ0v) is 27.3. The maximum Gasteiger partial charge on any atom is 0.232 e. The number of nitrogens with one attached hydrogen (secondary N) is 1. The number of piperazine rings is 1. The van der Waals surface area contributed by atoms with Crippen LogP contribution in [0.15, 0.2) is 72.8 Å². The Morgan fingerprint density at radius 3 is 2.36 bits per heavy atom. The minimum atomic E-state index is -3.44. The van der Waals surface area contributed by atoms with Gasteiger partial charge in [0.2, 0.25) is 15.9 Å². The lowest BCUT2D eigenvalue weighted by Gasteiger charge is -2.39.